The van der Waals surface area contributed by atoms with Gasteiger partial charge >= 0.3 is 0 Å². The van der Waals surface area contributed by atoms with Crippen molar-refractivity contribution in [3.05, 3.63) is 60.1 Å². The SMILES string of the molecule is O=C1CCCN1CCCNC(=NCc1ccccc1)NCCc1ccco1. The fraction of sp³-hybridized carbons (Fsp3) is 0.429. The average molecular weight is 368 g/mol. The van der Waals surface area contributed by atoms with Gasteiger partial charge in [-0.2, -0.15) is 0 Å². The Labute approximate surface area is 160 Å². The van der Waals surface area contributed by atoms with Gasteiger partial charge < -0.3 is 20.0 Å². The third kappa shape index (κ3) is 6.47. The Balaban J connectivity index is 1.46. The van der Waals surface area contributed by atoms with Gasteiger partial charge in [-0.1, -0.05) is 30.3 Å². The lowest BCUT2D eigenvalue weighted by molar-refractivity contribution is -0.127. The van der Waals surface area contributed by atoms with Gasteiger partial charge in [0, 0.05) is 39.0 Å². The van der Waals surface area contributed by atoms with E-state index in [0.29, 0.717) is 13.0 Å². The smallest absolute Gasteiger partial charge is 0.222 e. The summed E-state index contributed by atoms with van der Waals surface area (Å²) in [5, 5.41) is 6.74. The molecule has 144 valence electrons. The Kier molecular flexibility index (Phi) is 7.33. The van der Waals surface area contributed by atoms with Crippen molar-refractivity contribution in [2.24, 2.45) is 4.99 Å². The number of likely N-dealkylation sites (tertiary alicyclic amines) is 1. The highest BCUT2D eigenvalue weighted by molar-refractivity contribution is 5.80. The zero-order valence-corrected chi connectivity index (χ0v) is 15.7. The lowest BCUT2D eigenvalue weighted by Gasteiger charge is -2.16. The first-order valence-electron chi connectivity index (χ1n) is 9.67. The molecule has 1 amide bonds. The van der Waals surface area contributed by atoms with Crippen LogP contribution in [0.5, 0.6) is 0 Å². The van der Waals surface area contributed by atoms with Crippen molar-refractivity contribution in [2.45, 2.75) is 32.2 Å². The number of carbonyl (C=O) groups excluding carboxylic acids is 1. The molecule has 6 heteroatoms. The molecule has 0 atom stereocenters. The number of amides is 1. The van der Waals surface area contributed by atoms with E-state index in [4.69, 9.17) is 4.42 Å². The van der Waals surface area contributed by atoms with Gasteiger partial charge in [0.05, 0.1) is 12.8 Å². The van der Waals surface area contributed by atoms with E-state index in [1.807, 2.05) is 35.2 Å². The van der Waals surface area contributed by atoms with Crippen molar-refractivity contribution < 1.29 is 9.21 Å². The monoisotopic (exact) mass is 368 g/mol. The number of hydrogen-bond donors (Lipinski definition) is 2. The van der Waals surface area contributed by atoms with Crippen molar-refractivity contribution in [1.29, 1.82) is 0 Å². The topological polar surface area (TPSA) is 69.9 Å². The number of furan rings is 1. The van der Waals surface area contributed by atoms with E-state index in [0.717, 1.165) is 57.2 Å². The Morgan fingerprint density at radius 1 is 1.11 bits per heavy atom. The summed E-state index contributed by atoms with van der Waals surface area (Å²) in [6.07, 6.45) is 5.10. The van der Waals surface area contributed by atoms with Crippen LogP contribution < -0.4 is 10.6 Å². The summed E-state index contributed by atoms with van der Waals surface area (Å²) in [5.74, 6) is 2.03. The molecule has 0 unspecified atom stereocenters. The molecule has 0 saturated carbocycles. The second-order valence-corrected chi connectivity index (χ2v) is 6.67. The van der Waals surface area contributed by atoms with Gasteiger partial charge in [0.2, 0.25) is 5.91 Å². The van der Waals surface area contributed by atoms with Crippen molar-refractivity contribution in [3.8, 4) is 0 Å². The first kappa shape index (κ1) is 19.0. The van der Waals surface area contributed by atoms with E-state index in [2.05, 4.69) is 27.8 Å². The first-order chi connectivity index (χ1) is 13.3. The van der Waals surface area contributed by atoms with Crippen LogP contribution in [0, 0.1) is 0 Å². The average Bonchev–Trinajstić information content (AvgIpc) is 3.35. The Morgan fingerprint density at radius 3 is 2.70 bits per heavy atom. The molecule has 1 aliphatic heterocycles. The van der Waals surface area contributed by atoms with E-state index < -0.39 is 0 Å². The van der Waals surface area contributed by atoms with Gasteiger partial charge in [-0.25, -0.2) is 4.99 Å². The van der Waals surface area contributed by atoms with E-state index in [1.54, 1.807) is 6.26 Å². The second-order valence-electron chi connectivity index (χ2n) is 6.67. The van der Waals surface area contributed by atoms with Crippen LogP contribution in [0.2, 0.25) is 0 Å². The number of aliphatic imine (C=N–C) groups is 1. The molecule has 6 nitrogen and oxygen atoms in total. The standard InChI is InChI=1S/C21H28N4O2/c26-20-10-4-14-25(20)15-6-12-22-21(23-13-11-19-9-5-16-27-19)24-17-18-7-2-1-3-8-18/h1-3,5,7-9,16H,4,6,10-15,17H2,(H2,22,23,24). The van der Waals surface area contributed by atoms with Crippen molar-refractivity contribution in [1.82, 2.24) is 15.5 Å². The molecular weight excluding hydrogens is 340 g/mol. The van der Waals surface area contributed by atoms with Crippen LogP contribution in [0.3, 0.4) is 0 Å². The van der Waals surface area contributed by atoms with Gasteiger partial charge in [-0.3, -0.25) is 4.79 Å². The summed E-state index contributed by atoms with van der Waals surface area (Å²) < 4.78 is 5.37. The summed E-state index contributed by atoms with van der Waals surface area (Å²) >= 11 is 0. The zero-order valence-electron chi connectivity index (χ0n) is 15.7. The molecule has 1 aromatic carbocycles. The summed E-state index contributed by atoms with van der Waals surface area (Å²) in [7, 11) is 0. The van der Waals surface area contributed by atoms with Crippen LogP contribution in [0.1, 0.15) is 30.6 Å². The maximum atomic E-state index is 11.7. The maximum Gasteiger partial charge on any atom is 0.222 e. The van der Waals surface area contributed by atoms with Crippen LogP contribution >= 0.6 is 0 Å². The molecule has 0 radical (unpaired) electrons. The predicted octanol–water partition coefficient (Wildman–Crippen LogP) is 2.57. The molecule has 2 heterocycles. The second kappa shape index (κ2) is 10.4. The van der Waals surface area contributed by atoms with Crippen LogP contribution in [0.25, 0.3) is 0 Å². The predicted molar refractivity (Wildman–Crippen MR) is 106 cm³/mol. The number of nitrogens with zero attached hydrogens (tertiary/aromatic N) is 2. The maximum absolute atomic E-state index is 11.7. The Morgan fingerprint density at radius 2 is 1.96 bits per heavy atom. The summed E-state index contributed by atoms with van der Waals surface area (Å²) in [6.45, 7) is 3.87. The number of benzene rings is 1. The first-order valence-corrected chi connectivity index (χ1v) is 9.67. The van der Waals surface area contributed by atoms with E-state index >= 15 is 0 Å². The molecule has 1 aromatic heterocycles. The van der Waals surface area contributed by atoms with E-state index in [1.165, 1.54) is 5.56 Å². The minimum absolute atomic E-state index is 0.282. The number of rotatable bonds is 9. The van der Waals surface area contributed by atoms with Gasteiger partial charge in [0.1, 0.15) is 5.76 Å². The van der Waals surface area contributed by atoms with Crippen LogP contribution in [-0.2, 0) is 17.8 Å². The van der Waals surface area contributed by atoms with E-state index in [-0.39, 0.29) is 5.91 Å². The fourth-order valence-electron chi connectivity index (χ4n) is 3.10. The van der Waals surface area contributed by atoms with Crippen molar-refractivity contribution in [2.75, 3.05) is 26.2 Å². The number of carbonyl (C=O) groups is 1. The molecule has 0 bridgehead atoms. The lowest BCUT2D eigenvalue weighted by atomic mass is 10.2. The Bertz CT molecular complexity index is 713. The van der Waals surface area contributed by atoms with Gasteiger partial charge in [-0.15, -0.1) is 0 Å². The van der Waals surface area contributed by atoms with Crippen molar-refractivity contribution >= 4 is 11.9 Å². The quantitative estimate of drug-likeness (QED) is 0.405. The van der Waals surface area contributed by atoms with Crippen LogP contribution in [0.4, 0.5) is 0 Å². The van der Waals surface area contributed by atoms with Gasteiger partial charge in [0.25, 0.3) is 0 Å². The largest absolute Gasteiger partial charge is 0.469 e. The van der Waals surface area contributed by atoms with Crippen LogP contribution in [0.15, 0.2) is 58.1 Å². The Hall–Kier alpha value is -2.76. The highest BCUT2D eigenvalue weighted by Crippen LogP contribution is 2.09. The molecule has 1 saturated heterocycles. The fourth-order valence-corrected chi connectivity index (χ4v) is 3.10. The summed E-state index contributed by atoms with van der Waals surface area (Å²) in [4.78, 5) is 18.3. The highest BCUT2D eigenvalue weighted by Gasteiger charge is 2.18. The van der Waals surface area contributed by atoms with Crippen LogP contribution in [-0.4, -0.2) is 42.9 Å². The molecule has 1 fully saturated rings. The van der Waals surface area contributed by atoms with Crippen molar-refractivity contribution in [3.63, 3.8) is 0 Å². The lowest BCUT2D eigenvalue weighted by Crippen LogP contribution is -2.40. The third-order valence-corrected chi connectivity index (χ3v) is 4.58. The molecule has 3 rings (SSSR count). The molecule has 2 N–H and O–H groups in total. The zero-order chi connectivity index (χ0) is 18.7. The molecule has 27 heavy (non-hydrogen) atoms. The highest BCUT2D eigenvalue weighted by atomic mass is 16.3. The third-order valence-electron chi connectivity index (χ3n) is 4.58. The molecule has 0 spiro atoms. The van der Waals surface area contributed by atoms with Gasteiger partial charge in [-0.05, 0) is 30.5 Å². The number of hydrogen-bond acceptors (Lipinski definition) is 3. The molecule has 0 aliphatic carbocycles. The minimum atomic E-state index is 0.282. The number of nitrogens with one attached hydrogen (secondary N) is 2. The van der Waals surface area contributed by atoms with E-state index in [9.17, 15) is 4.79 Å². The molecule has 2 aromatic rings. The van der Waals surface area contributed by atoms with Gasteiger partial charge in [0.15, 0.2) is 5.96 Å². The summed E-state index contributed by atoms with van der Waals surface area (Å²) in [6, 6.07) is 14.1. The molecular formula is C21H28N4O2. The number of guanidine groups is 1. The normalized spacial score (nSPS) is 14.6. The minimum Gasteiger partial charge on any atom is -0.469 e. The summed E-state index contributed by atoms with van der Waals surface area (Å²) in [5.41, 5.74) is 1.17. The molecule has 1 aliphatic rings.